The monoisotopic (exact) mass is 257 g/mol. The Labute approximate surface area is 114 Å². The Balaban J connectivity index is 1.94. The average Bonchev–Trinajstić information content (AvgIpc) is 2.46. The maximum Gasteiger partial charge on any atom is 0.213 e. The Hall–Kier alpha value is -2.23. The van der Waals surface area contributed by atoms with E-state index in [0.717, 1.165) is 12.2 Å². The smallest absolute Gasteiger partial charge is 0.213 e. The van der Waals surface area contributed by atoms with Gasteiger partial charge in [0.15, 0.2) is 0 Å². The first-order chi connectivity index (χ1) is 9.19. The molecule has 0 radical (unpaired) electrons. The first kappa shape index (κ1) is 13.2. The summed E-state index contributed by atoms with van der Waals surface area (Å²) in [5.41, 5.74) is 3.42. The highest BCUT2D eigenvalue weighted by molar-refractivity contribution is 5.47. The van der Waals surface area contributed by atoms with Gasteiger partial charge in [-0.1, -0.05) is 12.1 Å². The highest BCUT2D eigenvalue weighted by Gasteiger charge is 1.98. The number of ether oxygens (including phenoxy) is 1. The Morgan fingerprint density at radius 3 is 2.37 bits per heavy atom. The number of hydrogen-bond acceptors (Lipinski definition) is 4. The Bertz CT molecular complexity index is 506. The second-order valence-corrected chi connectivity index (χ2v) is 4.50. The van der Waals surface area contributed by atoms with Gasteiger partial charge in [-0.25, -0.2) is 4.98 Å². The van der Waals surface area contributed by atoms with Gasteiger partial charge in [-0.2, -0.15) is 0 Å². The minimum atomic E-state index is 0.626. The third kappa shape index (κ3) is 3.61. The second kappa shape index (κ2) is 6.09. The van der Waals surface area contributed by atoms with E-state index in [1.807, 2.05) is 26.2 Å². The van der Waals surface area contributed by atoms with E-state index in [4.69, 9.17) is 4.74 Å². The fraction of sp³-hybridized carbons (Fsp3) is 0.267. The number of hydrogen-bond donors (Lipinski definition) is 1. The van der Waals surface area contributed by atoms with Crippen molar-refractivity contribution in [3.63, 3.8) is 0 Å². The predicted octanol–water partition coefficient (Wildman–Crippen LogP) is 2.77. The molecule has 0 fully saturated rings. The van der Waals surface area contributed by atoms with E-state index in [9.17, 15) is 0 Å². The van der Waals surface area contributed by atoms with Crippen LogP contribution in [0, 0.1) is 0 Å². The van der Waals surface area contributed by atoms with Crippen molar-refractivity contribution in [2.75, 3.05) is 31.4 Å². The molecule has 0 spiro atoms. The van der Waals surface area contributed by atoms with Crippen LogP contribution >= 0.6 is 0 Å². The van der Waals surface area contributed by atoms with E-state index < -0.39 is 0 Å². The van der Waals surface area contributed by atoms with Crippen molar-refractivity contribution in [1.29, 1.82) is 0 Å². The van der Waals surface area contributed by atoms with Crippen molar-refractivity contribution in [3.8, 4) is 5.88 Å². The molecule has 0 bridgehead atoms. The van der Waals surface area contributed by atoms with Crippen LogP contribution in [0.15, 0.2) is 42.6 Å². The molecule has 100 valence electrons. The lowest BCUT2D eigenvalue weighted by atomic mass is 10.2. The van der Waals surface area contributed by atoms with Gasteiger partial charge in [0.05, 0.1) is 19.0 Å². The van der Waals surface area contributed by atoms with Gasteiger partial charge in [-0.3, -0.25) is 0 Å². The molecule has 1 aromatic heterocycles. The molecule has 0 saturated heterocycles. The minimum absolute atomic E-state index is 0.626. The summed E-state index contributed by atoms with van der Waals surface area (Å²) in [5.74, 6) is 0.626. The summed E-state index contributed by atoms with van der Waals surface area (Å²) < 4.78 is 5.02. The van der Waals surface area contributed by atoms with Gasteiger partial charge in [-0.05, 0) is 23.8 Å². The van der Waals surface area contributed by atoms with Crippen LogP contribution in [0.4, 0.5) is 11.4 Å². The van der Waals surface area contributed by atoms with Crippen LogP contribution in [-0.4, -0.2) is 26.2 Å². The van der Waals surface area contributed by atoms with Crippen LogP contribution in [0.3, 0.4) is 0 Å². The van der Waals surface area contributed by atoms with Gasteiger partial charge < -0.3 is 15.0 Å². The zero-order valence-corrected chi connectivity index (χ0v) is 11.6. The first-order valence-corrected chi connectivity index (χ1v) is 6.19. The molecule has 2 rings (SSSR count). The lowest BCUT2D eigenvalue weighted by Crippen LogP contribution is -2.08. The highest BCUT2D eigenvalue weighted by atomic mass is 16.5. The standard InChI is InChI=1S/C15H19N3O/c1-18(2)14-7-4-12(5-8-14)10-16-13-6-9-15(19-3)17-11-13/h4-9,11,16H,10H2,1-3H3. The van der Waals surface area contributed by atoms with Crippen molar-refractivity contribution in [2.45, 2.75) is 6.54 Å². The molecule has 0 aliphatic carbocycles. The SMILES string of the molecule is COc1ccc(NCc2ccc(N(C)C)cc2)cn1. The zero-order valence-electron chi connectivity index (χ0n) is 11.6. The average molecular weight is 257 g/mol. The van der Waals surface area contributed by atoms with Crippen molar-refractivity contribution in [3.05, 3.63) is 48.2 Å². The lowest BCUT2D eigenvalue weighted by molar-refractivity contribution is 0.398. The zero-order chi connectivity index (χ0) is 13.7. The van der Waals surface area contributed by atoms with Crippen molar-refractivity contribution in [1.82, 2.24) is 4.98 Å². The number of nitrogens with one attached hydrogen (secondary N) is 1. The maximum absolute atomic E-state index is 5.02. The van der Waals surface area contributed by atoms with E-state index in [-0.39, 0.29) is 0 Å². The van der Waals surface area contributed by atoms with Crippen LogP contribution in [0.1, 0.15) is 5.56 Å². The molecule has 4 heteroatoms. The molecule has 0 atom stereocenters. The molecular weight excluding hydrogens is 238 g/mol. The Kier molecular flexibility index (Phi) is 4.23. The summed E-state index contributed by atoms with van der Waals surface area (Å²) in [4.78, 5) is 6.24. The highest BCUT2D eigenvalue weighted by Crippen LogP contribution is 2.15. The molecule has 0 amide bonds. The number of aromatic nitrogens is 1. The molecule has 19 heavy (non-hydrogen) atoms. The third-order valence-electron chi connectivity index (χ3n) is 2.89. The number of pyridine rings is 1. The normalized spacial score (nSPS) is 10.1. The quantitative estimate of drug-likeness (QED) is 0.893. The maximum atomic E-state index is 5.02. The number of anilines is 2. The van der Waals surface area contributed by atoms with Gasteiger partial charge in [0.2, 0.25) is 5.88 Å². The number of benzene rings is 1. The molecule has 0 unspecified atom stereocenters. The molecule has 0 saturated carbocycles. The molecule has 1 aromatic carbocycles. The van der Waals surface area contributed by atoms with Gasteiger partial charge in [0, 0.05) is 32.4 Å². The van der Waals surface area contributed by atoms with Gasteiger partial charge in [0.25, 0.3) is 0 Å². The topological polar surface area (TPSA) is 37.4 Å². The van der Waals surface area contributed by atoms with E-state index in [1.54, 1.807) is 13.3 Å². The number of rotatable bonds is 5. The summed E-state index contributed by atoms with van der Waals surface area (Å²) in [5, 5.41) is 3.33. The number of nitrogens with zero attached hydrogens (tertiary/aromatic N) is 2. The Morgan fingerprint density at radius 2 is 1.84 bits per heavy atom. The Morgan fingerprint density at radius 1 is 1.11 bits per heavy atom. The van der Waals surface area contributed by atoms with E-state index in [1.165, 1.54) is 11.3 Å². The molecule has 2 aromatic rings. The van der Waals surface area contributed by atoms with Gasteiger partial charge >= 0.3 is 0 Å². The molecule has 0 aliphatic rings. The van der Waals surface area contributed by atoms with Crippen molar-refractivity contribution in [2.24, 2.45) is 0 Å². The number of methoxy groups -OCH3 is 1. The van der Waals surface area contributed by atoms with Crippen LogP contribution in [0.5, 0.6) is 5.88 Å². The first-order valence-electron chi connectivity index (χ1n) is 6.19. The van der Waals surface area contributed by atoms with Crippen molar-refractivity contribution >= 4 is 11.4 Å². The van der Waals surface area contributed by atoms with Crippen LogP contribution < -0.4 is 15.0 Å². The lowest BCUT2D eigenvalue weighted by Gasteiger charge is -2.13. The van der Waals surface area contributed by atoms with Gasteiger partial charge in [0.1, 0.15) is 0 Å². The molecule has 1 heterocycles. The summed E-state index contributed by atoms with van der Waals surface area (Å²) in [6.07, 6.45) is 1.77. The van der Waals surface area contributed by atoms with Crippen molar-refractivity contribution < 1.29 is 4.74 Å². The summed E-state index contributed by atoms with van der Waals surface area (Å²) in [7, 11) is 5.69. The summed E-state index contributed by atoms with van der Waals surface area (Å²) >= 11 is 0. The van der Waals surface area contributed by atoms with Gasteiger partial charge in [-0.15, -0.1) is 0 Å². The summed E-state index contributed by atoms with van der Waals surface area (Å²) in [6, 6.07) is 12.3. The fourth-order valence-corrected chi connectivity index (χ4v) is 1.72. The van der Waals surface area contributed by atoms with E-state index in [0.29, 0.717) is 5.88 Å². The fourth-order valence-electron chi connectivity index (χ4n) is 1.72. The van der Waals surface area contributed by atoms with E-state index in [2.05, 4.69) is 39.5 Å². The molecular formula is C15H19N3O. The van der Waals surface area contributed by atoms with E-state index >= 15 is 0 Å². The summed E-state index contributed by atoms with van der Waals surface area (Å²) in [6.45, 7) is 0.779. The second-order valence-electron chi connectivity index (χ2n) is 4.50. The van der Waals surface area contributed by atoms with Crippen LogP contribution in [0.25, 0.3) is 0 Å². The van der Waals surface area contributed by atoms with Crippen LogP contribution in [-0.2, 0) is 6.54 Å². The molecule has 0 aliphatic heterocycles. The minimum Gasteiger partial charge on any atom is -0.481 e. The molecule has 4 nitrogen and oxygen atoms in total. The largest absolute Gasteiger partial charge is 0.481 e. The van der Waals surface area contributed by atoms with Crippen LogP contribution in [0.2, 0.25) is 0 Å². The third-order valence-corrected chi connectivity index (χ3v) is 2.89. The molecule has 1 N–H and O–H groups in total. The predicted molar refractivity (Wildman–Crippen MR) is 78.9 cm³/mol.